The fourth-order valence-electron chi connectivity index (χ4n) is 3.25. The van der Waals surface area contributed by atoms with E-state index in [0.717, 1.165) is 19.3 Å². The van der Waals surface area contributed by atoms with Gasteiger partial charge in [-0.25, -0.2) is 0 Å². The Morgan fingerprint density at radius 1 is 1.19 bits per heavy atom. The lowest BCUT2D eigenvalue weighted by atomic mass is 9.78. The molecule has 0 aliphatic heterocycles. The van der Waals surface area contributed by atoms with Crippen LogP contribution in [0.25, 0.3) is 0 Å². The first-order valence-corrected chi connectivity index (χ1v) is 7.71. The molecule has 0 saturated heterocycles. The molecular weight excluding hydrogens is 281 g/mol. The zero-order valence-electron chi connectivity index (χ0n) is 13.1. The molecule has 2 N–H and O–H groups in total. The Bertz CT molecular complexity index is 336. The minimum atomic E-state index is -4.36. The van der Waals surface area contributed by atoms with E-state index in [1.165, 1.54) is 12.8 Å². The molecule has 0 spiro atoms. The van der Waals surface area contributed by atoms with Crippen molar-refractivity contribution in [2.45, 2.75) is 65.1 Å². The van der Waals surface area contributed by atoms with Gasteiger partial charge in [0.05, 0.1) is 6.04 Å². The first-order valence-electron chi connectivity index (χ1n) is 7.71. The highest BCUT2D eigenvalue weighted by atomic mass is 19.4. The van der Waals surface area contributed by atoms with Crippen molar-refractivity contribution in [3.05, 3.63) is 0 Å². The van der Waals surface area contributed by atoms with Crippen LogP contribution in [0.2, 0.25) is 0 Å². The highest BCUT2D eigenvalue weighted by molar-refractivity contribution is 5.81. The Hall–Kier alpha value is -0.780. The molecule has 1 amide bonds. The monoisotopic (exact) mass is 308 g/mol. The summed E-state index contributed by atoms with van der Waals surface area (Å²) in [4.78, 5) is 11.6. The van der Waals surface area contributed by atoms with E-state index in [1.807, 2.05) is 5.32 Å². The number of alkyl halides is 3. The third-order valence-electron chi connectivity index (χ3n) is 4.15. The summed E-state index contributed by atoms with van der Waals surface area (Å²) < 4.78 is 36.2. The van der Waals surface area contributed by atoms with Gasteiger partial charge in [-0.2, -0.15) is 13.2 Å². The second kappa shape index (κ2) is 7.47. The molecule has 1 saturated carbocycles. The molecule has 0 aromatic carbocycles. The topological polar surface area (TPSA) is 41.1 Å². The molecule has 3 nitrogen and oxygen atoms in total. The molecule has 6 heteroatoms. The standard InChI is InChI=1S/C15H27F3N2O/c1-11(2)8-14(6-4-5-7-14)9-19-12(3)13(21)20-10-15(16,17)18/h11-12,19H,4-10H2,1-3H3,(H,20,21). The second-order valence-electron chi connectivity index (χ2n) is 6.74. The molecule has 1 rings (SSSR count). The molecule has 1 aliphatic carbocycles. The molecule has 1 fully saturated rings. The van der Waals surface area contributed by atoms with Gasteiger partial charge < -0.3 is 10.6 Å². The quantitative estimate of drug-likeness (QED) is 0.758. The molecule has 0 aromatic heterocycles. The number of amides is 1. The van der Waals surface area contributed by atoms with Crippen molar-refractivity contribution in [2.24, 2.45) is 11.3 Å². The lowest BCUT2D eigenvalue weighted by molar-refractivity contribution is -0.139. The Kier molecular flexibility index (Phi) is 6.50. The summed E-state index contributed by atoms with van der Waals surface area (Å²) in [5.74, 6) is -0.00993. The third kappa shape index (κ3) is 6.68. The molecule has 124 valence electrons. The molecule has 1 aliphatic rings. The minimum Gasteiger partial charge on any atom is -0.346 e. The molecule has 0 bridgehead atoms. The predicted octanol–water partition coefficient (Wildman–Crippen LogP) is 3.25. The van der Waals surface area contributed by atoms with Crippen molar-refractivity contribution in [1.82, 2.24) is 10.6 Å². The van der Waals surface area contributed by atoms with Crippen molar-refractivity contribution < 1.29 is 18.0 Å². The van der Waals surface area contributed by atoms with Crippen LogP contribution in [-0.2, 0) is 4.79 Å². The van der Waals surface area contributed by atoms with Crippen molar-refractivity contribution in [1.29, 1.82) is 0 Å². The molecule has 1 unspecified atom stereocenters. The van der Waals surface area contributed by atoms with Crippen LogP contribution in [0.3, 0.4) is 0 Å². The highest BCUT2D eigenvalue weighted by Gasteiger charge is 2.35. The first-order chi connectivity index (χ1) is 9.64. The zero-order chi connectivity index (χ0) is 16.1. The Morgan fingerprint density at radius 2 is 1.76 bits per heavy atom. The third-order valence-corrected chi connectivity index (χ3v) is 4.15. The van der Waals surface area contributed by atoms with Crippen LogP contribution in [-0.4, -0.2) is 31.2 Å². The smallest absolute Gasteiger partial charge is 0.346 e. The van der Waals surface area contributed by atoms with Crippen LogP contribution in [0.1, 0.15) is 52.9 Å². The van der Waals surface area contributed by atoms with E-state index in [4.69, 9.17) is 0 Å². The van der Waals surface area contributed by atoms with Gasteiger partial charge in [0.1, 0.15) is 6.54 Å². The number of rotatable bonds is 7. The van der Waals surface area contributed by atoms with Crippen LogP contribution in [0.5, 0.6) is 0 Å². The van der Waals surface area contributed by atoms with Crippen LogP contribution in [0.15, 0.2) is 0 Å². The predicted molar refractivity (Wildman–Crippen MR) is 76.9 cm³/mol. The van der Waals surface area contributed by atoms with Crippen LogP contribution >= 0.6 is 0 Å². The Morgan fingerprint density at radius 3 is 2.24 bits per heavy atom. The van der Waals surface area contributed by atoms with Crippen molar-refractivity contribution >= 4 is 5.91 Å². The summed E-state index contributed by atoms with van der Waals surface area (Å²) in [7, 11) is 0. The zero-order valence-corrected chi connectivity index (χ0v) is 13.1. The molecular formula is C15H27F3N2O. The van der Waals surface area contributed by atoms with Gasteiger partial charge in [-0.3, -0.25) is 4.79 Å². The van der Waals surface area contributed by atoms with Gasteiger partial charge in [-0.1, -0.05) is 26.7 Å². The van der Waals surface area contributed by atoms with E-state index in [2.05, 4.69) is 19.2 Å². The van der Waals surface area contributed by atoms with E-state index in [9.17, 15) is 18.0 Å². The number of carbonyl (C=O) groups is 1. The molecule has 0 heterocycles. The fourth-order valence-corrected chi connectivity index (χ4v) is 3.25. The van der Waals surface area contributed by atoms with Gasteiger partial charge in [0.15, 0.2) is 0 Å². The normalized spacial score (nSPS) is 19.8. The van der Waals surface area contributed by atoms with E-state index in [0.29, 0.717) is 12.5 Å². The van der Waals surface area contributed by atoms with Crippen molar-refractivity contribution in [3.63, 3.8) is 0 Å². The van der Waals surface area contributed by atoms with Gasteiger partial charge in [0.25, 0.3) is 0 Å². The summed E-state index contributed by atoms with van der Waals surface area (Å²) >= 11 is 0. The first kappa shape index (κ1) is 18.3. The SMILES string of the molecule is CC(C)CC1(CNC(C)C(=O)NCC(F)(F)F)CCCC1. The minimum absolute atomic E-state index is 0.201. The lowest BCUT2D eigenvalue weighted by Gasteiger charge is -2.32. The van der Waals surface area contributed by atoms with E-state index in [-0.39, 0.29) is 5.41 Å². The fraction of sp³-hybridized carbons (Fsp3) is 0.933. The lowest BCUT2D eigenvalue weighted by Crippen LogP contribution is -2.48. The highest BCUT2D eigenvalue weighted by Crippen LogP contribution is 2.42. The molecule has 0 radical (unpaired) electrons. The largest absolute Gasteiger partial charge is 0.405 e. The maximum atomic E-state index is 12.1. The van der Waals surface area contributed by atoms with Gasteiger partial charge in [0.2, 0.25) is 5.91 Å². The van der Waals surface area contributed by atoms with Gasteiger partial charge in [0, 0.05) is 6.54 Å². The van der Waals surface area contributed by atoms with Crippen molar-refractivity contribution in [2.75, 3.05) is 13.1 Å². The van der Waals surface area contributed by atoms with E-state index < -0.39 is 24.7 Å². The Balaban J connectivity index is 2.42. The maximum absolute atomic E-state index is 12.1. The number of halogens is 3. The number of carbonyl (C=O) groups excluding carboxylic acids is 1. The van der Waals surface area contributed by atoms with E-state index in [1.54, 1.807) is 6.92 Å². The van der Waals surface area contributed by atoms with Crippen LogP contribution < -0.4 is 10.6 Å². The molecule has 1 atom stereocenters. The maximum Gasteiger partial charge on any atom is 0.405 e. The van der Waals surface area contributed by atoms with Gasteiger partial charge >= 0.3 is 6.18 Å². The molecule has 21 heavy (non-hydrogen) atoms. The van der Waals surface area contributed by atoms with Gasteiger partial charge in [-0.15, -0.1) is 0 Å². The van der Waals surface area contributed by atoms with Crippen LogP contribution in [0, 0.1) is 11.3 Å². The van der Waals surface area contributed by atoms with Gasteiger partial charge in [-0.05, 0) is 37.5 Å². The number of hydrogen-bond donors (Lipinski definition) is 2. The van der Waals surface area contributed by atoms with Crippen LogP contribution in [0.4, 0.5) is 13.2 Å². The Labute approximate surface area is 125 Å². The average molecular weight is 308 g/mol. The summed E-state index contributed by atoms with van der Waals surface area (Å²) in [5.41, 5.74) is 0.201. The summed E-state index contributed by atoms with van der Waals surface area (Å²) in [5, 5.41) is 5.05. The summed E-state index contributed by atoms with van der Waals surface area (Å²) in [6, 6.07) is -0.600. The summed E-state index contributed by atoms with van der Waals surface area (Å²) in [6.07, 6.45) is 1.40. The second-order valence-corrected chi connectivity index (χ2v) is 6.74. The number of nitrogens with one attached hydrogen (secondary N) is 2. The van der Waals surface area contributed by atoms with Crippen molar-refractivity contribution in [3.8, 4) is 0 Å². The number of hydrogen-bond acceptors (Lipinski definition) is 2. The average Bonchev–Trinajstić information content (AvgIpc) is 2.80. The van der Waals surface area contributed by atoms with E-state index >= 15 is 0 Å². The molecule has 0 aromatic rings. The summed E-state index contributed by atoms with van der Waals surface area (Å²) in [6.45, 7) is 5.41.